The van der Waals surface area contributed by atoms with Crippen molar-refractivity contribution in [2.24, 2.45) is 5.41 Å². The molecule has 0 fully saturated rings. The van der Waals surface area contributed by atoms with Crippen molar-refractivity contribution in [3.63, 3.8) is 0 Å². The molecule has 1 amide bonds. The molecule has 1 rings (SSSR count). The molecule has 0 aromatic heterocycles. The summed E-state index contributed by atoms with van der Waals surface area (Å²) < 4.78 is 0. The molecular formula is C15H24N3O3+. The standard InChI is InChI=1S/C15H23N3O3/c1-11-8-12(6-7-13(11)18(20)21)14(19)16-9-15(2,3)10-17(4)5/h6-8H,9-10H2,1-5H3,(H,16,19)/p+1. The summed E-state index contributed by atoms with van der Waals surface area (Å²) in [6.45, 7) is 7.33. The van der Waals surface area contributed by atoms with E-state index in [0.29, 0.717) is 17.7 Å². The van der Waals surface area contributed by atoms with Gasteiger partial charge in [-0.2, -0.15) is 0 Å². The predicted molar refractivity (Wildman–Crippen MR) is 81.6 cm³/mol. The second-order valence-corrected chi connectivity index (χ2v) is 6.49. The van der Waals surface area contributed by atoms with Gasteiger partial charge < -0.3 is 10.2 Å². The molecule has 116 valence electrons. The first-order valence-corrected chi connectivity index (χ1v) is 6.95. The number of nitrogens with zero attached hydrogens (tertiary/aromatic N) is 1. The van der Waals surface area contributed by atoms with Crippen LogP contribution in [0.3, 0.4) is 0 Å². The van der Waals surface area contributed by atoms with Gasteiger partial charge in [0.1, 0.15) is 0 Å². The second-order valence-electron chi connectivity index (χ2n) is 6.49. The minimum atomic E-state index is -0.444. The first-order valence-electron chi connectivity index (χ1n) is 6.95. The molecular weight excluding hydrogens is 270 g/mol. The van der Waals surface area contributed by atoms with Crippen molar-refractivity contribution < 1.29 is 14.6 Å². The zero-order chi connectivity index (χ0) is 16.2. The number of quaternary nitrogens is 1. The van der Waals surface area contributed by atoms with Crippen LogP contribution < -0.4 is 10.2 Å². The van der Waals surface area contributed by atoms with Gasteiger partial charge in [-0.15, -0.1) is 0 Å². The summed E-state index contributed by atoms with van der Waals surface area (Å²) in [7, 11) is 4.15. The summed E-state index contributed by atoms with van der Waals surface area (Å²) >= 11 is 0. The highest BCUT2D eigenvalue weighted by molar-refractivity contribution is 5.94. The molecule has 6 heteroatoms. The Labute approximate surface area is 125 Å². The number of carbonyl (C=O) groups excluding carboxylic acids is 1. The third-order valence-electron chi connectivity index (χ3n) is 3.22. The minimum Gasteiger partial charge on any atom is -0.351 e. The van der Waals surface area contributed by atoms with Crippen LogP contribution in [0.5, 0.6) is 0 Å². The van der Waals surface area contributed by atoms with Gasteiger partial charge in [-0.05, 0) is 19.1 Å². The Kier molecular flexibility index (Phi) is 5.43. The van der Waals surface area contributed by atoms with E-state index in [2.05, 4.69) is 33.3 Å². The zero-order valence-electron chi connectivity index (χ0n) is 13.3. The fraction of sp³-hybridized carbons (Fsp3) is 0.533. The molecule has 2 N–H and O–H groups in total. The van der Waals surface area contributed by atoms with E-state index in [4.69, 9.17) is 0 Å². The maximum Gasteiger partial charge on any atom is 0.272 e. The van der Waals surface area contributed by atoms with Crippen molar-refractivity contribution in [2.45, 2.75) is 20.8 Å². The molecule has 0 spiro atoms. The molecule has 0 saturated carbocycles. The molecule has 1 aromatic rings. The third kappa shape index (κ3) is 5.15. The van der Waals surface area contributed by atoms with Crippen molar-refractivity contribution in [1.82, 2.24) is 5.32 Å². The molecule has 0 bridgehead atoms. The van der Waals surface area contributed by atoms with Gasteiger partial charge in [0.25, 0.3) is 11.6 Å². The number of benzene rings is 1. The maximum atomic E-state index is 12.1. The smallest absolute Gasteiger partial charge is 0.272 e. The molecule has 21 heavy (non-hydrogen) atoms. The molecule has 0 aliphatic carbocycles. The van der Waals surface area contributed by atoms with Gasteiger partial charge in [0.15, 0.2) is 0 Å². The molecule has 0 aliphatic heterocycles. The van der Waals surface area contributed by atoms with Gasteiger partial charge in [0.2, 0.25) is 0 Å². The van der Waals surface area contributed by atoms with Gasteiger partial charge in [-0.1, -0.05) is 13.8 Å². The van der Waals surface area contributed by atoms with Gasteiger partial charge in [-0.3, -0.25) is 14.9 Å². The van der Waals surface area contributed by atoms with Gasteiger partial charge in [0.05, 0.1) is 25.6 Å². The van der Waals surface area contributed by atoms with E-state index in [1.54, 1.807) is 13.0 Å². The quantitative estimate of drug-likeness (QED) is 0.602. The summed E-state index contributed by atoms with van der Waals surface area (Å²) in [5.41, 5.74) is 0.962. The normalized spacial score (nSPS) is 11.5. The first-order chi connectivity index (χ1) is 9.62. The Balaban J connectivity index is 2.73. The van der Waals surface area contributed by atoms with Crippen molar-refractivity contribution >= 4 is 11.6 Å². The van der Waals surface area contributed by atoms with Crippen LogP contribution >= 0.6 is 0 Å². The van der Waals surface area contributed by atoms with E-state index in [9.17, 15) is 14.9 Å². The Morgan fingerprint density at radius 1 is 1.38 bits per heavy atom. The van der Waals surface area contributed by atoms with Crippen LogP contribution in [0.4, 0.5) is 5.69 Å². The van der Waals surface area contributed by atoms with Gasteiger partial charge in [-0.25, -0.2) is 0 Å². The lowest BCUT2D eigenvalue weighted by Crippen LogP contribution is -3.07. The van der Waals surface area contributed by atoms with Crippen LogP contribution in [-0.2, 0) is 0 Å². The van der Waals surface area contributed by atoms with E-state index >= 15 is 0 Å². The van der Waals surface area contributed by atoms with Crippen molar-refractivity contribution in [3.05, 3.63) is 39.4 Å². The number of rotatable bonds is 6. The third-order valence-corrected chi connectivity index (χ3v) is 3.22. The lowest BCUT2D eigenvalue weighted by atomic mass is 9.93. The zero-order valence-corrected chi connectivity index (χ0v) is 13.3. The molecule has 0 saturated heterocycles. The van der Waals surface area contributed by atoms with Crippen molar-refractivity contribution in [2.75, 3.05) is 27.2 Å². The number of aryl methyl sites for hydroxylation is 1. The molecule has 0 heterocycles. The Hall–Kier alpha value is -1.95. The van der Waals surface area contributed by atoms with E-state index in [1.165, 1.54) is 17.0 Å². The second kappa shape index (κ2) is 6.67. The lowest BCUT2D eigenvalue weighted by molar-refractivity contribution is -0.865. The van der Waals surface area contributed by atoms with E-state index in [-0.39, 0.29) is 17.0 Å². The topological polar surface area (TPSA) is 76.7 Å². The van der Waals surface area contributed by atoms with Crippen LogP contribution in [0.25, 0.3) is 0 Å². The molecule has 6 nitrogen and oxygen atoms in total. The van der Waals surface area contributed by atoms with Crippen molar-refractivity contribution in [1.29, 1.82) is 0 Å². The summed E-state index contributed by atoms with van der Waals surface area (Å²) in [5, 5.41) is 13.7. The lowest BCUT2D eigenvalue weighted by Gasteiger charge is -2.26. The number of nitro groups is 1. The average Bonchev–Trinajstić information content (AvgIpc) is 2.33. The Bertz CT molecular complexity index is 539. The highest BCUT2D eigenvalue weighted by Crippen LogP contribution is 2.19. The van der Waals surface area contributed by atoms with Crippen LogP contribution in [0.2, 0.25) is 0 Å². The minimum absolute atomic E-state index is 0.00961. The fourth-order valence-electron chi connectivity index (χ4n) is 2.44. The number of nitrogens with one attached hydrogen (secondary N) is 2. The number of hydrogen-bond donors (Lipinski definition) is 2. The Morgan fingerprint density at radius 2 is 2.00 bits per heavy atom. The monoisotopic (exact) mass is 294 g/mol. The largest absolute Gasteiger partial charge is 0.351 e. The van der Waals surface area contributed by atoms with Gasteiger partial charge >= 0.3 is 0 Å². The molecule has 0 radical (unpaired) electrons. The predicted octanol–water partition coefficient (Wildman–Crippen LogP) is 0.804. The van der Waals surface area contributed by atoms with Crippen LogP contribution in [0.1, 0.15) is 29.8 Å². The Morgan fingerprint density at radius 3 is 2.48 bits per heavy atom. The van der Waals surface area contributed by atoms with Gasteiger partial charge in [0, 0.05) is 29.2 Å². The maximum absolute atomic E-state index is 12.1. The number of nitro benzene ring substituents is 1. The highest BCUT2D eigenvalue weighted by atomic mass is 16.6. The van der Waals surface area contributed by atoms with Crippen LogP contribution in [-0.4, -0.2) is 38.0 Å². The van der Waals surface area contributed by atoms with Crippen LogP contribution in [0.15, 0.2) is 18.2 Å². The molecule has 0 unspecified atom stereocenters. The summed E-state index contributed by atoms with van der Waals surface area (Å²) in [4.78, 5) is 23.8. The SMILES string of the molecule is Cc1cc(C(=O)NCC(C)(C)C[NH+](C)C)ccc1[N+](=O)[O-]. The molecule has 0 atom stereocenters. The summed E-state index contributed by atoms with van der Waals surface area (Å²) in [6.07, 6.45) is 0. The van der Waals surface area contributed by atoms with Crippen LogP contribution in [0, 0.1) is 22.5 Å². The molecule has 1 aromatic carbocycles. The van der Waals surface area contributed by atoms with E-state index in [1.807, 2.05) is 0 Å². The first kappa shape index (κ1) is 17.1. The average molecular weight is 294 g/mol. The number of amides is 1. The summed E-state index contributed by atoms with van der Waals surface area (Å²) in [5.74, 6) is -0.199. The van der Waals surface area contributed by atoms with Crippen molar-refractivity contribution in [3.8, 4) is 0 Å². The molecule has 0 aliphatic rings. The number of hydrogen-bond acceptors (Lipinski definition) is 3. The highest BCUT2D eigenvalue weighted by Gasteiger charge is 2.23. The fourth-order valence-corrected chi connectivity index (χ4v) is 2.44. The summed E-state index contributed by atoms with van der Waals surface area (Å²) in [6, 6.07) is 4.42. The van der Waals surface area contributed by atoms with E-state index in [0.717, 1.165) is 6.54 Å². The van der Waals surface area contributed by atoms with E-state index < -0.39 is 4.92 Å². The number of carbonyl (C=O) groups is 1.